The van der Waals surface area contributed by atoms with Crippen LogP contribution in [0.25, 0.3) is 0 Å². The average Bonchev–Trinajstić information content (AvgIpc) is 2.29. The molecule has 1 heterocycles. The summed E-state index contributed by atoms with van der Waals surface area (Å²) in [5.74, 6) is 0.496. The lowest BCUT2D eigenvalue weighted by Crippen LogP contribution is -2.23. The molecule has 1 aromatic heterocycles. The van der Waals surface area contributed by atoms with Gasteiger partial charge in [-0.25, -0.2) is 0 Å². The molecule has 2 rings (SSSR count). The largest absolute Gasteiger partial charge is 0.392 e. The van der Waals surface area contributed by atoms with Gasteiger partial charge in [0.05, 0.1) is 6.10 Å². The molecule has 1 unspecified atom stereocenters. The monoisotopic (exact) mass is 233 g/mol. The smallest absolute Gasteiger partial charge is 0.0609 e. The summed E-state index contributed by atoms with van der Waals surface area (Å²) in [4.78, 5) is 4.11. The Kier molecular flexibility index (Phi) is 4.99. The maximum absolute atomic E-state index is 10.3. The molecule has 1 atom stereocenters. The van der Waals surface area contributed by atoms with Crippen molar-refractivity contribution in [2.45, 2.75) is 57.5 Å². The fourth-order valence-electron chi connectivity index (χ4n) is 2.80. The van der Waals surface area contributed by atoms with E-state index in [-0.39, 0.29) is 6.10 Å². The highest BCUT2D eigenvalue weighted by atomic mass is 16.3. The predicted molar refractivity (Wildman–Crippen MR) is 69.8 cm³/mol. The van der Waals surface area contributed by atoms with E-state index in [1.807, 2.05) is 12.3 Å². The van der Waals surface area contributed by atoms with E-state index in [0.29, 0.717) is 5.92 Å². The number of hydrogen-bond acceptors (Lipinski definition) is 2. The van der Waals surface area contributed by atoms with Crippen LogP contribution in [0.15, 0.2) is 24.5 Å². The van der Waals surface area contributed by atoms with Gasteiger partial charge in [0.2, 0.25) is 0 Å². The molecular formula is C15H23NO. The molecule has 0 amide bonds. The van der Waals surface area contributed by atoms with Gasteiger partial charge in [0.25, 0.3) is 0 Å². The van der Waals surface area contributed by atoms with Crippen molar-refractivity contribution >= 4 is 0 Å². The van der Waals surface area contributed by atoms with Crippen LogP contribution < -0.4 is 0 Å². The first-order valence-corrected chi connectivity index (χ1v) is 6.93. The van der Waals surface area contributed by atoms with Crippen molar-refractivity contribution in [3.8, 4) is 0 Å². The summed E-state index contributed by atoms with van der Waals surface area (Å²) in [6, 6.07) is 4.00. The topological polar surface area (TPSA) is 33.1 Å². The van der Waals surface area contributed by atoms with Crippen LogP contribution in [-0.2, 0) is 6.42 Å². The molecule has 0 aromatic carbocycles. The molecule has 0 bridgehead atoms. The van der Waals surface area contributed by atoms with E-state index in [0.717, 1.165) is 12.0 Å². The number of aliphatic hydroxyl groups excluding tert-OH is 1. The fraction of sp³-hybridized carbons (Fsp3) is 0.667. The summed E-state index contributed by atoms with van der Waals surface area (Å²) in [5, 5.41) is 10.3. The minimum absolute atomic E-state index is 0.183. The number of hydrogen-bond donors (Lipinski definition) is 1. The molecule has 2 nitrogen and oxygen atoms in total. The molecule has 94 valence electrons. The van der Waals surface area contributed by atoms with Crippen molar-refractivity contribution < 1.29 is 5.11 Å². The molecule has 1 aromatic rings. The van der Waals surface area contributed by atoms with Gasteiger partial charge >= 0.3 is 0 Å². The lowest BCUT2D eigenvalue weighted by atomic mass is 9.85. The minimum Gasteiger partial charge on any atom is -0.392 e. The summed E-state index contributed by atoms with van der Waals surface area (Å²) >= 11 is 0. The van der Waals surface area contributed by atoms with Crippen LogP contribution in [0.4, 0.5) is 0 Å². The molecule has 0 aliphatic heterocycles. The highest BCUT2D eigenvalue weighted by Crippen LogP contribution is 2.26. The van der Waals surface area contributed by atoms with Gasteiger partial charge in [-0.3, -0.25) is 4.98 Å². The van der Waals surface area contributed by atoms with Crippen molar-refractivity contribution in [3.63, 3.8) is 0 Å². The van der Waals surface area contributed by atoms with E-state index in [2.05, 4.69) is 11.1 Å². The van der Waals surface area contributed by atoms with Crippen LogP contribution in [0.3, 0.4) is 0 Å². The second kappa shape index (κ2) is 6.75. The molecular weight excluding hydrogens is 210 g/mol. The van der Waals surface area contributed by atoms with Gasteiger partial charge in [-0.15, -0.1) is 0 Å². The number of rotatable bonds is 3. The van der Waals surface area contributed by atoms with Crippen molar-refractivity contribution in [1.29, 1.82) is 0 Å². The van der Waals surface area contributed by atoms with Gasteiger partial charge in [-0.2, -0.15) is 0 Å². The van der Waals surface area contributed by atoms with Gasteiger partial charge in [-0.1, -0.05) is 38.2 Å². The van der Waals surface area contributed by atoms with E-state index in [9.17, 15) is 5.11 Å². The van der Waals surface area contributed by atoms with Crippen LogP contribution in [0.1, 0.15) is 50.5 Å². The fourth-order valence-corrected chi connectivity index (χ4v) is 2.80. The molecule has 1 aliphatic rings. The summed E-state index contributed by atoms with van der Waals surface area (Å²) in [5.41, 5.74) is 1.15. The maximum Gasteiger partial charge on any atom is 0.0609 e. The van der Waals surface area contributed by atoms with Gasteiger partial charge in [0, 0.05) is 18.8 Å². The summed E-state index contributed by atoms with van der Waals surface area (Å²) < 4.78 is 0. The molecule has 17 heavy (non-hydrogen) atoms. The Bertz CT molecular complexity index is 304. The average molecular weight is 233 g/mol. The van der Waals surface area contributed by atoms with Gasteiger partial charge < -0.3 is 5.11 Å². The molecule has 2 heteroatoms. The third kappa shape index (κ3) is 4.12. The van der Waals surface area contributed by atoms with E-state index < -0.39 is 0 Å². The third-order valence-electron chi connectivity index (χ3n) is 3.86. The number of nitrogens with zero attached hydrogens (tertiary/aromatic N) is 1. The normalized spacial score (nSPS) is 20.5. The molecule has 1 N–H and O–H groups in total. The zero-order valence-electron chi connectivity index (χ0n) is 10.5. The Morgan fingerprint density at radius 1 is 1.18 bits per heavy atom. The Hall–Kier alpha value is -0.890. The van der Waals surface area contributed by atoms with Crippen molar-refractivity contribution in [2.75, 3.05) is 0 Å². The highest BCUT2D eigenvalue weighted by Gasteiger charge is 2.20. The zero-order chi connectivity index (χ0) is 11.9. The van der Waals surface area contributed by atoms with Crippen molar-refractivity contribution in [2.24, 2.45) is 5.92 Å². The Morgan fingerprint density at radius 3 is 2.53 bits per heavy atom. The second-order valence-electron chi connectivity index (χ2n) is 5.24. The standard InChI is InChI=1S/C15H23NO/c17-15(11-13-7-6-10-16-12-13)14-8-4-2-1-3-5-9-14/h6-7,10,12,14-15,17H,1-5,8-9,11H2. The zero-order valence-corrected chi connectivity index (χ0v) is 10.5. The van der Waals surface area contributed by atoms with Crippen LogP contribution in [-0.4, -0.2) is 16.2 Å². The SMILES string of the molecule is OC(Cc1cccnc1)C1CCCCCCC1. The van der Waals surface area contributed by atoms with Gasteiger partial charge in [0.15, 0.2) is 0 Å². The van der Waals surface area contributed by atoms with Crippen molar-refractivity contribution in [3.05, 3.63) is 30.1 Å². The van der Waals surface area contributed by atoms with E-state index in [1.165, 1.54) is 44.9 Å². The van der Waals surface area contributed by atoms with Crippen LogP contribution >= 0.6 is 0 Å². The van der Waals surface area contributed by atoms with E-state index >= 15 is 0 Å². The van der Waals surface area contributed by atoms with E-state index in [1.54, 1.807) is 6.20 Å². The number of pyridine rings is 1. The first-order valence-electron chi connectivity index (χ1n) is 6.93. The Labute approximate surface area is 104 Å². The molecule has 0 radical (unpaired) electrons. The van der Waals surface area contributed by atoms with Gasteiger partial charge in [0.1, 0.15) is 0 Å². The quantitative estimate of drug-likeness (QED) is 0.868. The third-order valence-corrected chi connectivity index (χ3v) is 3.86. The second-order valence-corrected chi connectivity index (χ2v) is 5.24. The predicted octanol–water partition coefficient (Wildman–Crippen LogP) is 3.35. The Morgan fingerprint density at radius 2 is 1.88 bits per heavy atom. The van der Waals surface area contributed by atoms with Crippen LogP contribution in [0, 0.1) is 5.92 Å². The summed E-state index contributed by atoms with van der Waals surface area (Å²) in [6.45, 7) is 0. The summed E-state index contributed by atoms with van der Waals surface area (Å²) in [7, 11) is 0. The van der Waals surface area contributed by atoms with Gasteiger partial charge in [-0.05, 0) is 30.4 Å². The number of aromatic nitrogens is 1. The first kappa shape index (κ1) is 12.6. The molecule has 0 spiro atoms. The van der Waals surface area contributed by atoms with Crippen LogP contribution in [0.5, 0.6) is 0 Å². The molecule has 1 saturated carbocycles. The molecule has 0 saturated heterocycles. The Balaban J connectivity index is 1.87. The lowest BCUT2D eigenvalue weighted by molar-refractivity contribution is 0.0912. The minimum atomic E-state index is -0.183. The van der Waals surface area contributed by atoms with Crippen molar-refractivity contribution in [1.82, 2.24) is 4.98 Å². The molecule has 1 aliphatic carbocycles. The highest BCUT2D eigenvalue weighted by molar-refractivity contribution is 5.09. The van der Waals surface area contributed by atoms with E-state index in [4.69, 9.17) is 0 Å². The number of aliphatic hydroxyl groups is 1. The maximum atomic E-state index is 10.3. The molecule has 1 fully saturated rings. The van der Waals surface area contributed by atoms with Crippen LogP contribution in [0.2, 0.25) is 0 Å². The first-order chi connectivity index (χ1) is 8.36. The lowest BCUT2D eigenvalue weighted by Gasteiger charge is -2.24. The summed E-state index contributed by atoms with van der Waals surface area (Å²) in [6.07, 6.45) is 13.3.